The molecule has 0 amide bonds. The fraction of sp³-hybridized carbons (Fsp3) is 0.429. The number of thioether (sulfide) groups is 1. The molecule has 1 aromatic carbocycles. The summed E-state index contributed by atoms with van der Waals surface area (Å²) in [5, 5.41) is 7.30. The molecule has 1 saturated heterocycles. The third-order valence-corrected chi connectivity index (χ3v) is 4.27. The summed E-state index contributed by atoms with van der Waals surface area (Å²) in [6.07, 6.45) is 0. The Labute approximate surface area is 126 Å². The van der Waals surface area contributed by atoms with Crippen LogP contribution in [0.4, 0.5) is 4.39 Å². The standard InChI is InChI=1S/C14H17FN4OS/c15-11-1-3-12(4-2-11)21-10-13-17-14(20-18-13)9-19-7-5-16-6-8-19/h1-4,16H,5-10H2. The second kappa shape index (κ2) is 7.02. The Hall–Kier alpha value is -1.44. The first-order chi connectivity index (χ1) is 10.3. The van der Waals surface area contributed by atoms with Crippen molar-refractivity contribution < 1.29 is 8.91 Å². The fourth-order valence-electron chi connectivity index (χ4n) is 2.15. The van der Waals surface area contributed by atoms with Crippen LogP contribution >= 0.6 is 11.8 Å². The van der Waals surface area contributed by atoms with Gasteiger partial charge in [-0.05, 0) is 24.3 Å². The molecule has 0 atom stereocenters. The van der Waals surface area contributed by atoms with Gasteiger partial charge in [0.2, 0.25) is 5.89 Å². The molecule has 1 fully saturated rings. The van der Waals surface area contributed by atoms with Gasteiger partial charge in [0.05, 0.1) is 12.3 Å². The van der Waals surface area contributed by atoms with Crippen molar-refractivity contribution in [3.05, 3.63) is 41.8 Å². The maximum atomic E-state index is 12.8. The number of nitrogens with one attached hydrogen (secondary N) is 1. The average Bonchev–Trinajstić information content (AvgIpc) is 2.95. The van der Waals surface area contributed by atoms with E-state index in [1.165, 1.54) is 12.1 Å². The molecule has 1 N–H and O–H groups in total. The van der Waals surface area contributed by atoms with E-state index >= 15 is 0 Å². The van der Waals surface area contributed by atoms with Gasteiger partial charge < -0.3 is 9.84 Å². The van der Waals surface area contributed by atoms with Crippen molar-refractivity contribution in [2.24, 2.45) is 0 Å². The zero-order valence-electron chi connectivity index (χ0n) is 11.6. The van der Waals surface area contributed by atoms with Gasteiger partial charge in [0.15, 0.2) is 5.82 Å². The number of nitrogens with zero attached hydrogens (tertiary/aromatic N) is 3. The van der Waals surface area contributed by atoms with E-state index in [1.807, 2.05) is 0 Å². The number of benzene rings is 1. The minimum atomic E-state index is -0.225. The molecule has 5 nitrogen and oxygen atoms in total. The van der Waals surface area contributed by atoms with E-state index in [2.05, 4.69) is 20.4 Å². The normalized spacial score (nSPS) is 16.2. The minimum Gasteiger partial charge on any atom is -0.338 e. The molecular formula is C14H17FN4OS. The Balaban J connectivity index is 1.51. The lowest BCUT2D eigenvalue weighted by atomic mass is 10.3. The third-order valence-electron chi connectivity index (χ3n) is 3.26. The van der Waals surface area contributed by atoms with Crippen LogP contribution in [0.15, 0.2) is 33.7 Å². The lowest BCUT2D eigenvalue weighted by Gasteiger charge is -2.25. The molecule has 0 saturated carbocycles. The van der Waals surface area contributed by atoms with Gasteiger partial charge in [-0.3, -0.25) is 4.90 Å². The topological polar surface area (TPSA) is 54.2 Å². The zero-order valence-corrected chi connectivity index (χ0v) is 12.4. The number of aromatic nitrogens is 2. The summed E-state index contributed by atoms with van der Waals surface area (Å²) in [7, 11) is 0. The van der Waals surface area contributed by atoms with Gasteiger partial charge >= 0.3 is 0 Å². The van der Waals surface area contributed by atoms with Crippen molar-refractivity contribution in [1.82, 2.24) is 20.4 Å². The molecule has 2 aromatic rings. The van der Waals surface area contributed by atoms with Gasteiger partial charge in [0, 0.05) is 31.1 Å². The first-order valence-electron chi connectivity index (χ1n) is 6.92. The van der Waals surface area contributed by atoms with Gasteiger partial charge in [-0.15, -0.1) is 11.8 Å². The van der Waals surface area contributed by atoms with Crippen LogP contribution in [0.5, 0.6) is 0 Å². The molecule has 1 aliphatic heterocycles. The largest absolute Gasteiger partial charge is 0.338 e. The Morgan fingerprint density at radius 1 is 1.24 bits per heavy atom. The van der Waals surface area contributed by atoms with E-state index in [0.717, 1.165) is 31.1 Å². The molecule has 3 rings (SSSR count). The molecule has 0 unspecified atom stereocenters. The molecule has 7 heteroatoms. The van der Waals surface area contributed by atoms with Gasteiger partial charge in [-0.2, -0.15) is 4.98 Å². The minimum absolute atomic E-state index is 0.225. The summed E-state index contributed by atoms with van der Waals surface area (Å²) in [6.45, 7) is 4.71. The van der Waals surface area contributed by atoms with Crippen LogP contribution in [0.25, 0.3) is 0 Å². The summed E-state index contributed by atoms with van der Waals surface area (Å²) >= 11 is 1.57. The van der Waals surface area contributed by atoms with E-state index in [4.69, 9.17) is 4.52 Å². The van der Waals surface area contributed by atoms with E-state index < -0.39 is 0 Å². The highest BCUT2D eigenvalue weighted by Crippen LogP contribution is 2.21. The monoisotopic (exact) mass is 308 g/mol. The van der Waals surface area contributed by atoms with Crippen LogP contribution in [0.3, 0.4) is 0 Å². The number of rotatable bonds is 5. The van der Waals surface area contributed by atoms with Crippen molar-refractivity contribution in [3.8, 4) is 0 Å². The molecule has 1 aromatic heterocycles. The Morgan fingerprint density at radius 2 is 2.00 bits per heavy atom. The van der Waals surface area contributed by atoms with Gasteiger partial charge in [0.25, 0.3) is 0 Å². The summed E-state index contributed by atoms with van der Waals surface area (Å²) in [5.41, 5.74) is 0. The number of hydrogen-bond acceptors (Lipinski definition) is 6. The molecule has 0 bridgehead atoms. The van der Waals surface area contributed by atoms with Crippen LogP contribution in [0.1, 0.15) is 11.7 Å². The zero-order chi connectivity index (χ0) is 14.5. The lowest BCUT2D eigenvalue weighted by molar-refractivity contribution is 0.203. The second-order valence-corrected chi connectivity index (χ2v) is 5.92. The van der Waals surface area contributed by atoms with E-state index in [1.54, 1.807) is 23.9 Å². The van der Waals surface area contributed by atoms with E-state index in [-0.39, 0.29) is 5.82 Å². The SMILES string of the molecule is Fc1ccc(SCc2noc(CN3CCNCC3)n2)cc1. The first kappa shape index (κ1) is 14.5. The third kappa shape index (κ3) is 4.26. The second-order valence-electron chi connectivity index (χ2n) is 4.87. The van der Waals surface area contributed by atoms with Crippen molar-refractivity contribution in [2.45, 2.75) is 17.2 Å². The Morgan fingerprint density at radius 3 is 2.76 bits per heavy atom. The van der Waals surface area contributed by atoms with E-state index in [9.17, 15) is 4.39 Å². The Bertz CT molecular complexity index is 569. The smallest absolute Gasteiger partial charge is 0.240 e. The predicted molar refractivity (Wildman–Crippen MR) is 78.4 cm³/mol. The highest BCUT2D eigenvalue weighted by atomic mass is 32.2. The quantitative estimate of drug-likeness (QED) is 0.852. The summed E-state index contributed by atoms with van der Waals surface area (Å²) < 4.78 is 18.1. The maximum absolute atomic E-state index is 12.8. The molecule has 1 aliphatic rings. The average molecular weight is 308 g/mol. The van der Waals surface area contributed by atoms with Crippen LogP contribution in [0, 0.1) is 5.82 Å². The number of halogens is 1. The van der Waals surface area contributed by atoms with Gasteiger partial charge in [-0.1, -0.05) is 5.16 Å². The molecule has 2 heterocycles. The maximum Gasteiger partial charge on any atom is 0.240 e. The van der Waals surface area contributed by atoms with Crippen molar-refractivity contribution >= 4 is 11.8 Å². The van der Waals surface area contributed by atoms with Gasteiger partial charge in [-0.25, -0.2) is 4.39 Å². The van der Waals surface area contributed by atoms with Crippen LogP contribution < -0.4 is 5.32 Å². The highest BCUT2D eigenvalue weighted by molar-refractivity contribution is 7.98. The first-order valence-corrected chi connectivity index (χ1v) is 7.91. The molecular weight excluding hydrogens is 291 g/mol. The summed E-state index contributed by atoms with van der Waals surface area (Å²) in [4.78, 5) is 7.69. The Kier molecular flexibility index (Phi) is 4.84. The number of piperazine rings is 1. The van der Waals surface area contributed by atoms with Crippen LogP contribution in [-0.2, 0) is 12.3 Å². The van der Waals surface area contributed by atoms with Crippen LogP contribution in [0.2, 0.25) is 0 Å². The predicted octanol–water partition coefficient (Wildman–Crippen LogP) is 1.91. The molecule has 0 spiro atoms. The summed E-state index contributed by atoms with van der Waals surface area (Å²) in [5.74, 6) is 1.73. The lowest BCUT2D eigenvalue weighted by Crippen LogP contribution is -2.42. The molecule has 0 radical (unpaired) electrons. The van der Waals surface area contributed by atoms with Crippen molar-refractivity contribution in [2.75, 3.05) is 26.2 Å². The van der Waals surface area contributed by atoms with Crippen molar-refractivity contribution in [3.63, 3.8) is 0 Å². The van der Waals surface area contributed by atoms with Crippen LogP contribution in [-0.4, -0.2) is 41.2 Å². The van der Waals surface area contributed by atoms with E-state index in [0.29, 0.717) is 24.0 Å². The molecule has 21 heavy (non-hydrogen) atoms. The molecule has 0 aliphatic carbocycles. The molecule has 112 valence electrons. The van der Waals surface area contributed by atoms with Crippen molar-refractivity contribution in [1.29, 1.82) is 0 Å². The fourth-order valence-corrected chi connectivity index (χ4v) is 2.89. The van der Waals surface area contributed by atoms with Gasteiger partial charge in [0.1, 0.15) is 5.82 Å². The summed E-state index contributed by atoms with van der Waals surface area (Å²) in [6, 6.07) is 6.41. The highest BCUT2D eigenvalue weighted by Gasteiger charge is 2.14. The number of hydrogen-bond donors (Lipinski definition) is 1.